The van der Waals surface area contributed by atoms with E-state index >= 15 is 0 Å². The molecule has 0 amide bonds. The quantitative estimate of drug-likeness (QED) is 0.730. The maximum Gasteiger partial charge on any atom is 0.119 e. The molecule has 3 nitrogen and oxygen atoms in total. The van der Waals surface area contributed by atoms with Crippen molar-refractivity contribution in [3.63, 3.8) is 0 Å². The third kappa shape index (κ3) is 3.24. The standard InChI is InChI=1S/C15H23NO2/c1-2-3-10-18-11-9-16-14-8-7-13-12(14)5-4-6-15(13)17/h4-6,14,16-17H,2-3,7-11H2,1H3. The van der Waals surface area contributed by atoms with Crippen molar-refractivity contribution < 1.29 is 9.84 Å². The van der Waals surface area contributed by atoms with E-state index in [1.54, 1.807) is 6.07 Å². The van der Waals surface area contributed by atoms with Gasteiger partial charge in [0.1, 0.15) is 5.75 Å². The monoisotopic (exact) mass is 249 g/mol. The molecule has 0 aliphatic heterocycles. The first-order valence-electron chi connectivity index (χ1n) is 6.94. The molecule has 1 aromatic carbocycles. The summed E-state index contributed by atoms with van der Waals surface area (Å²) in [7, 11) is 0. The van der Waals surface area contributed by atoms with E-state index in [-0.39, 0.29) is 0 Å². The smallest absolute Gasteiger partial charge is 0.119 e. The fourth-order valence-electron chi connectivity index (χ4n) is 2.50. The summed E-state index contributed by atoms with van der Waals surface area (Å²) >= 11 is 0. The van der Waals surface area contributed by atoms with Crippen molar-refractivity contribution in [1.29, 1.82) is 0 Å². The van der Waals surface area contributed by atoms with Crippen molar-refractivity contribution in [2.75, 3.05) is 19.8 Å². The van der Waals surface area contributed by atoms with Crippen LogP contribution in [0.25, 0.3) is 0 Å². The lowest BCUT2D eigenvalue weighted by Gasteiger charge is -2.14. The van der Waals surface area contributed by atoms with Crippen LogP contribution in [0.4, 0.5) is 0 Å². The van der Waals surface area contributed by atoms with E-state index < -0.39 is 0 Å². The van der Waals surface area contributed by atoms with Crippen LogP contribution in [-0.2, 0) is 11.2 Å². The zero-order valence-electron chi connectivity index (χ0n) is 11.1. The molecule has 2 rings (SSSR count). The second kappa shape index (κ2) is 6.76. The average molecular weight is 249 g/mol. The minimum Gasteiger partial charge on any atom is -0.508 e. The second-order valence-electron chi connectivity index (χ2n) is 4.86. The fraction of sp³-hybridized carbons (Fsp3) is 0.600. The summed E-state index contributed by atoms with van der Waals surface area (Å²) in [5, 5.41) is 13.3. The van der Waals surface area contributed by atoms with Gasteiger partial charge in [0.05, 0.1) is 6.61 Å². The molecule has 0 radical (unpaired) electrons. The Bertz CT molecular complexity index is 379. The topological polar surface area (TPSA) is 41.5 Å². The van der Waals surface area contributed by atoms with Gasteiger partial charge < -0.3 is 15.2 Å². The van der Waals surface area contributed by atoms with Gasteiger partial charge in [-0.3, -0.25) is 0 Å². The van der Waals surface area contributed by atoms with Crippen LogP contribution in [0, 0.1) is 0 Å². The van der Waals surface area contributed by atoms with Crippen LogP contribution in [-0.4, -0.2) is 24.9 Å². The van der Waals surface area contributed by atoms with Gasteiger partial charge in [0.25, 0.3) is 0 Å². The minimum atomic E-state index is 0.377. The van der Waals surface area contributed by atoms with E-state index in [1.165, 1.54) is 12.0 Å². The highest BCUT2D eigenvalue weighted by molar-refractivity contribution is 5.44. The largest absolute Gasteiger partial charge is 0.508 e. The van der Waals surface area contributed by atoms with Crippen LogP contribution >= 0.6 is 0 Å². The van der Waals surface area contributed by atoms with Crippen molar-refractivity contribution in [2.24, 2.45) is 0 Å². The molecule has 1 atom stereocenters. The third-order valence-electron chi connectivity index (χ3n) is 3.53. The molecule has 0 bridgehead atoms. The van der Waals surface area contributed by atoms with Crippen molar-refractivity contribution in [3.05, 3.63) is 29.3 Å². The zero-order chi connectivity index (χ0) is 12.8. The van der Waals surface area contributed by atoms with Crippen LogP contribution in [0.1, 0.15) is 43.4 Å². The summed E-state index contributed by atoms with van der Waals surface area (Å²) in [4.78, 5) is 0. The SMILES string of the molecule is CCCCOCCNC1CCc2c(O)cccc21. The molecule has 2 N–H and O–H groups in total. The van der Waals surface area contributed by atoms with Crippen LogP contribution in [0.5, 0.6) is 5.75 Å². The first-order chi connectivity index (χ1) is 8.83. The second-order valence-corrected chi connectivity index (χ2v) is 4.86. The summed E-state index contributed by atoms with van der Waals surface area (Å²) in [6, 6.07) is 6.18. The number of hydrogen-bond acceptors (Lipinski definition) is 3. The maximum atomic E-state index is 9.77. The Balaban J connectivity index is 1.75. The van der Waals surface area contributed by atoms with Crippen molar-refractivity contribution in [3.8, 4) is 5.75 Å². The third-order valence-corrected chi connectivity index (χ3v) is 3.53. The van der Waals surface area contributed by atoms with Crippen LogP contribution < -0.4 is 5.32 Å². The Morgan fingerprint density at radius 3 is 3.11 bits per heavy atom. The van der Waals surface area contributed by atoms with Gasteiger partial charge in [-0.15, -0.1) is 0 Å². The molecule has 1 aromatic rings. The molecule has 3 heteroatoms. The molecule has 0 heterocycles. The van der Waals surface area contributed by atoms with Gasteiger partial charge in [0.15, 0.2) is 0 Å². The number of rotatable bonds is 7. The molecular formula is C15H23NO2. The van der Waals surface area contributed by atoms with E-state index in [9.17, 15) is 5.11 Å². The summed E-state index contributed by atoms with van der Waals surface area (Å²) in [5.41, 5.74) is 2.37. The molecule has 0 spiro atoms. The number of ether oxygens (including phenoxy) is 1. The molecular weight excluding hydrogens is 226 g/mol. The predicted molar refractivity (Wildman–Crippen MR) is 72.9 cm³/mol. The van der Waals surface area contributed by atoms with Crippen molar-refractivity contribution in [2.45, 2.75) is 38.6 Å². The van der Waals surface area contributed by atoms with Gasteiger partial charge in [-0.25, -0.2) is 0 Å². The lowest BCUT2D eigenvalue weighted by atomic mass is 10.1. The molecule has 0 saturated carbocycles. The van der Waals surface area contributed by atoms with E-state index in [0.717, 1.165) is 44.6 Å². The Morgan fingerprint density at radius 2 is 2.28 bits per heavy atom. The number of phenolic OH excluding ortho intramolecular Hbond substituents is 1. The average Bonchev–Trinajstić information content (AvgIpc) is 2.79. The summed E-state index contributed by atoms with van der Waals surface area (Å²) in [6.07, 6.45) is 4.36. The highest BCUT2D eigenvalue weighted by atomic mass is 16.5. The van der Waals surface area contributed by atoms with Gasteiger partial charge in [-0.05, 0) is 36.5 Å². The Morgan fingerprint density at radius 1 is 1.39 bits per heavy atom. The Labute approximate surface area is 109 Å². The molecule has 18 heavy (non-hydrogen) atoms. The van der Waals surface area contributed by atoms with Crippen LogP contribution in [0.15, 0.2) is 18.2 Å². The lowest BCUT2D eigenvalue weighted by Crippen LogP contribution is -2.23. The summed E-state index contributed by atoms with van der Waals surface area (Å²) < 4.78 is 5.53. The normalized spacial score (nSPS) is 17.9. The number of aromatic hydroxyl groups is 1. The first kappa shape index (κ1) is 13.4. The first-order valence-corrected chi connectivity index (χ1v) is 6.94. The van der Waals surface area contributed by atoms with Crippen LogP contribution in [0.2, 0.25) is 0 Å². The zero-order valence-corrected chi connectivity index (χ0v) is 11.1. The number of fused-ring (bicyclic) bond motifs is 1. The predicted octanol–water partition coefficient (Wildman–Crippen LogP) is 2.79. The van der Waals surface area contributed by atoms with Gasteiger partial charge in [-0.2, -0.15) is 0 Å². The number of phenols is 1. The molecule has 1 aliphatic rings. The van der Waals surface area contributed by atoms with Crippen molar-refractivity contribution >= 4 is 0 Å². The van der Waals surface area contributed by atoms with Crippen molar-refractivity contribution in [1.82, 2.24) is 5.32 Å². The maximum absolute atomic E-state index is 9.77. The molecule has 0 saturated heterocycles. The van der Waals surface area contributed by atoms with Gasteiger partial charge in [0, 0.05) is 19.2 Å². The van der Waals surface area contributed by atoms with E-state index in [2.05, 4.69) is 18.3 Å². The van der Waals surface area contributed by atoms with Gasteiger partial charge in [0.2, 0.25) is 0 Å². The lowest BCUT2D eigenvalue weighted by molar-refractivity contribution is 0.131. The number of nitrogens with one attached hydrogen (secondary N) is 1. The van der Waals surface area contributed by atoms with Gasteiger partial charge in [-0.1, -0.05) is 25.5 Å². The fourth-order valence-corrected chi connectivity index (χ4v) is 2.50. The highest BCUT2D eigenvalue weighted by Crippen LogP contribution is 2.35. The number of benzene rings is 1. The molecule has 0 aromatic heterocycles. The molecule has 1 aliphatic carbocycles. The minimum absolute atomic E-state index is 0.377. The van der Waals surface area contributed by atoms with Gasteiger partial charge >= 0.3 is 0 Å². The van der Waals surface area contributed by atoms with E-state index in [4.69, 9.17) is 4.74 Å². The number of hydrogen-bond donors (Lipinski definition) is 2. The molecule has 0 fully saturated rings. The van der Waals surface area contributed by atoms with Crippen LogP contribution in [0.3, 0.4) is 0 Å². The highest BCUT2D eigenvalue weighted by Gasteiger charge is 2.23. The summed E-state index contributed by atoms with van der Waals surface area (Å²) in [6.45, 7) is 4.68. The van der Waals surface area contributed by atoms with E-state index in [1.807, 2.05) is 6.07 Å². The number of unbranched alkanes of at least 4 members (excludes halogenated alkanes) is 1. The Kier molecular flexibility index (Phi) is 5.02. The summed E-state index contributed by atoms with van der Waals surface area (Å²) in [5.74, 6) is 0.441. The molecule has 1 unspecified atom stereocenters. The Hall–Kier alpha value is -1.06. The molecule has 100 valence electrons. The van der Waals surface area contributed by atoms with E-state index in [0.29, 0.717) is 11.8 Å².